The van der Waals surface area contributed by atoms with Crippen LogP contribution in [0.1, 0.15) is 11.1 Å². The summed E-state index contributed by atoms with van der Waals surface area (Å²) in [5.41, 5.74) is 2.40. The van der Waals surface area contributed by atoms with Crippen LogP contribution in [0.3, 0.4) is 0 Å². The molecule has 2 nitrogen and oxygen atoms in total. The largest absolute Gasteiger partial charge is 0.481 e. The van der Waals surface area contributed by atoms with E-state index in [-0.39, 0.29) is 0 Å². The lowest BCUT2D eigenvalue weighted by Gasteiger charge is -2.02. The normalized spacial score (nSPS) is 9.73. The molecule has 1 aromatic heterocycles. The molecular formula is C8H10BrNO. The van der Waals surface area contributed by atoms with Gasteiger partial charge in [0.25, 0.3) is 0 Å². The van der Waals surface area contributed by atoms with Gasteiger partial charge in [-0.25, -0.2) is 4.98 Å². The molecule has 0 atom stereocenters. The maximum Gasteiger partial charge on any atom is 0.213 e. The minimum atomic E-state index is 0.673. The predicted octanol–water partition coefficient (Wildman–Crippen LogP) is 2.29. The summed E-state index contributed by atoms with van der Waals surface area (Å²) in [6, 6.07) is 1.93. The lowest BCUT2D eigenvalue weighted by Crippen LogP contribution is -1.91. The molecular weight excluding hydrogens is 206 g/mol. The average Bonchev–Trinajstić information content (AvgIpc) is 2.04. The summed E-state index contributed by atoms with van der Waals surface area (Å²) in [7, 11) is 1.62. The van der Waals surface area contributed by atoms with E-state index in [1.165, 1.54) is 11.1 Å². The van der Waals surface area contributed by atoms with E-state index in [1.807, 2.05) is 19.2 Å². The van der Waals surface area contributed by atoms with Crippen LogP contribution in [0, 0.1) is 6.92 Å². The monoisotopic (exact) mass is 215 g/mol. The lowest BCUT2D eigenvalue weighted by molar-refractivity contribution is 0.397. The van der Waals surface area contributed by atoms with Gasteiger partial charge < -0.3 is 4.74 Å². The number of rotatable bonds is 2. The van der Waals surface area contributed by atoms with Gasteiger partial charge in [0.1, 0.15) is 0 Å². The van der Waals surface area contributed by atoms with Gasteiger partial charge in [0.2, 0.25) is 5.88 Å². The summed E-state index contributed by atoms with van der Waals surface area (Å²) in [6.07, 6.45) is 1.82. The Morgan fingerprint density at radius 1 is 1.64 bits per heavy atom. The van der Waals surface area contributed by atoms with Gasteiger partial charge in [-0.05, 0) is 18.1 Å². The van der Waals surface area contributed by atoms with Crippen LogP contribution in [0.25, 0.3) is 0 Å². The molecule has 3 heteroatoms. The van der Waals surface area contributed by atoms with E-state index in [0.29, 0.717) is 5.88 Å². The van der Waals surface area contributed by atoms with E-state index in [9.17, 15) is 0 Å². The van der Waals surface area contributed by atoms with Crippen molar-refractivity contribution in [2.45, 2.75) is 12.3 Å². The van der Waals surface area contributed by atoms with Gasteiger partial charge in [-0.15, -0.1) is 0 Å². The number of ether oxygens (including phenoxy) is 1. The fourth-order valence-electron chi connectivity index (χ4n) is 0.810. The van der Waals surface area contributed by atoms with Gasteiger partial charge in [0, 0.05) is 17.6 Å². The van der Waals surface area contributed by atoms with E-state index < -0.39 is 0 Å². The molecule has 0 fully saturated rings. The van der Waals surface area contributed by atoms with Crippen LogP contribution in [0.2, 0.25) is 0 Å². The average molecular weight is 216 g/mol. The van der Waals surface area contributed by atoms with Crippen LogP contribution in [-0.4, -0.2) is 12.1 Å². The minimum absolute atomic E-state index is 0.673. The van der Waals surface area contributed by atoms with Gasteiger partial charge in [0.05, 0.1) is 7.11 Å². The van der Waals surface area contributed by atoms with Crippen molar-refractivity contribution in [3.63, 3.8) is 0 Å². The lowest BCUT2D eigenvalue weighted by atomic mass is 10.2. The quantitative estimate of drug-likeness (QED) is 0.707. The van der Waals surface area contributed by atoms with Crippen LogP contribution in [0.4, 0.5) is 0 Å². The third-order valence-corrected chi connectivity index (χ3v) is 2.15. The maximum atomic E-state index is 4.97. The second-order valence-corrected chi connectivity index (χ2v) is 2.85. The summed E-state index contributed by atoms with van der Waals surface area (Å²) in [5, 5.41) is 0.843. The number of aromatic nitrogens is 1. The fourth-order valence-corrected chi connectivity index (χ4v) is 1.40. The van der Waals surface area contributed by atoms with Crippen LogP contribution in [0.5, 0.6) is 5.88 Å². The zero-order valence-corrected chi connectivity index (χ0v) is 8.18. The number of aryl methyl sites for hydroxylation is 1. The highest BCUT2D eigenvalue weighted by atomic mass is 79.9. The number of halogens is 1. The van der Waals surface area contributed by atoms with E-state index in [0.717, 1.165) is 5.33 Å². The summed E-state index contributed by atoms with van der Waals surface area (Å²) in [4.78, 5) is 4.08. The zero-order chi connectivity index (χ0) is 8.27. The Morgan fingerprint density at radius 2 is 2.36 bits per heavy atom. The number of nitrogens with zero attached hydrogens (tertiary/aromatic N) is 1. The molecule has 1 rings (SSSR count). The molecule has 0 saturated heterocycles. The Kier molecular flexibility index (Phi) is 2.88. The van der Waals surface area contributed by atoms with Crippen molar-refractivity contribution in [1.29, 1.82) is 0 Å². The molecule has 0 radical (unpaired) electrons. The van der Waals surface area contributed by atoms with E-state index >= 15 is 0 Å². The maximum absolute atomic E-state index is 4.97. The second-order valence-electron chi connectivity index (χ2n) is 2.29. The van der Waals surface area contributed by atoms with Gasteiger partial charge >= 0.3 is 0 Å². The summed E-state index contributed by atoms with van der Waals surface area (Å²) < 4.78 is 4.97. The van der Waals surface area contributed by atoms with Gasteiger partial charge in [-0.2, -0.15) is 0 Å². The van der Waals surface area contributed by atoms with Crippen LogP contribution in [-0.2, 0) is 5.33 Å². The highest BCUT2D eigenvalue weighted by Gasteiger charge is 1.98. The predicted molar refractivity (Wildman–Crippen MR) is 48.2 cm³/mol. The topological polar surface area (TPSA) is 22.1 Å². The Labute approximate surface area is 74.7 Å². The Hall–Kier alpha value is -0.570. The van der Waals surface area contributed by atoms with Crippen LogP contribution < -0.4 is 4.74 Å². The SMILES string of the molecule is COc1cc(C)c(CBr)cn1. The second kappa shape index (κ2) is 3.72. The molecule has 0 unspecified atom stereocenters. The molecule has 0 aliphatic rings. The van der Waals surface area contributed by atoms with Crippen molar-refractivity contribution in [2.75, 3.05) is 7.11 Å². The molecule has 0 saturated carbocycles. The molecule has 1 heterocycles. The molecule has 0 aromatic carbocycles. The first-order chi connectivity index (χ1) is 5.27. The van der Waals surface area contributed by atoms with Gasteiger partial charge in [-0.1, -0.05) is 15.9 Å². The minimum Gasteiger partial charge on any atom is -0.481 e. The molecule has 0 amide bonds. The highest BCUT2D eigenvalue weighted by molar-refractivity contribution is 9.08. The van der Waals surface area contributed by atoms with Crippen molar-refractivity contribution in [3.8, 4) is 5.88 Å². The number of alkyl halides is 1. The number of hydrogen-bond donors (Lipinski definition) is 0. The van der Waals surface area contributed by atoms with Crippen molar-refractivity contribution in [1.82, 2.24) is 4.98 Å². The van der Waals surface area contributed by atoms with Crippen LogP contribution >= 0.6 is 15.9 Å². The van der Waals surface area contributed by atoms with Crippen molar-refractivity contribution in [2.24, 2.45) is 0 Å². The first-order valence-corrected chi connectivity index (χ1v) is 4.45. The summed E-state index contributed by atoms with van der Waals surface area (Å²) in [6.45, 7) is 2.04. The molecule has 11 heavy (non-hydrogen) atoms. The van der Waals surface area contributed by atoms with Crippen molar-refractivity contribution in [3.05, 3.63) is 23.4 Å². The van der Waals surface area contributed by atoms with Gasteiger partial charge in [-0.3, -0.25) is 0 Å². The number of hydrogen-bond acceptors (Lipinski definition) is 2. The van der Waals surface area contributed by atoms with Crippen LogP contribution in [0.15, 0.2) is 12.3 Å². The standard InChI is InChI=1S/C8H10BrNO/c1-6-3-8(11-2)10-5-7(6)4-9/h3,5H,4H2,1-2H3. The molecule has 1 aromatic rings. The summed E-state index contributed by atoms with van der Waals surface area (Å²) >= 11 is 3.37. The van der Waals surface area contributed by atoms with Crippen molar-refractivity contribution < 1.29 is 4.74 Å². The molecule has 0 aliphatic heterocycles. The highest BCUT2D eigenvalue weighted by Crippen LogP contribution is 2.15. The molecule has 0 N–H and O–H groups in total. The Balaban J connectivity index is 2.99. The molecule has 0 spiro atoms. The summed E-state index contributed by atoms with van der Waals surface area (Å²) in [5.74, 6) is 0.673. The number of methoxy groups -OCH3 is 1. The first kappa shape index (κ1) is 8.53. The molecule has 60 valence electrons. The zero-order valence-electron chi connectivity index (χ0n) is 6.60. The third-order valence-electron chi connectivity index (χ3n) is 1.55. The molecule has 0 aliphatic carbocycles. The van der Waals surface area contributed by atoms with Crippen molar-refractivity contribution >= 4 is 15.9 Å². The fraction of sp³-hybridized carbons (Fsp3) is 0.375. The van der Waals surface area contributed by atoms with Gasteiger partial charge in [0.15, 0.2) is 0 Å². The Morgan fingerprint density at radius 3 is 2.82 bits per heavy atom. The smallest absolute Gasteiger partial charge is 0.213 e. The Bertz CT molecular complexity index is 250. The van der Waals surface area contributed by atoms with E-state index in [4.69, 9.17) is 4.74 Å². The van der Waals surface area contributed by atoms with E-state index in [2.05, 4.69) is 20.9 Å². The first-order valence-electron chi connectivity index (χ1n) is 3.33. The third kappa shape index (κ3) is 1.93. The van der Waals surface area contributed by atoms with E-state index in [1.54, 1.807) is 7.11 Å². The molecule has 0 bridgehead atoms. The number of pyridine rings is 1.